The minimum Gasteiger partial charge on any atom is -0.454 e. The lowest BCUT2D eigenvalue weighted by molar-refractivity contribution is 0.0972. The summed E-state index contributed by atoms with van der Waals surface area (Å²) in [6.07, 6.45) is 2.08. The summed E-state index contributed by atoms with van der Waals surface area (Å²) in [6.45, 7) is 1.30. The highest BCUT2D eigenvalue weighted by molar-refractivity contribution is 5.95. The van der Waals surface area contributed by atoms with Gasteiger partial charge in [0.2, 0.25) is 0 Å². The molecule has 2 heterocycles. The van der Waals surface area contributed by atoms with E-state index in [-0.39, 0.29) is 18.3 Å². The Morgan fingerprint density at radius 1 is 1.07 bits per heavy atom. The molecule has 1 aliphatic rings. The highest BCUT2D eigenvalue weighted by Gasteiger charge is 2.21. The number of furan rings is 1. The van der Waals surface area contributed by atoms with Crippen molar-refractivity contribution in [3.8, 4) is 0 Å². The van der Waals surface area contributed by atoms with Crippen molar-refractivity contribution >= 4 is 28.3 Å². The van der Waals surface area contributed by atoms with Crippen LogP contribution in [0.15, 0.2) is 65.1 Å². The predicted molar refractivity (Wildman–Crippen MR) is 103 cm³/mol. The molecule has 0 saturated carbocycles. The van der Waals surface area contributed by atoms with Crippen molar-refractivity contribution in [2.45, 2.75) is 6.54 Å². The Kier molecular flexibility index (Phi) is 4.38. The summed E-state index contributed by atoms with van der Waals surface area (Å²) >= 11 is 0. The molecule has 0 fully saturated rings. The van der Waals surface area contributed by atoms with Crippen LogP contribution in [0.3, 0.4) is 0 Å². The Morgan fingerprint density at radius 2 is 1.89 bits per heavy atom. The van der Waals surface area contributed by atoms with E-state index < -0.39 is 5.91 Å². The van der Waals surface area contributed by atoms with E-state index in [1.807, 2.05) is 18.2 Å². The minimum atomic E-state index is -0.629. The Balaban J connectivity index is 1.41. The fourth-order valence-electron chi connectivity index (χ4n) is 3.29. The topological polar surface area (TPSA) is 88.6 Å². The van der Waals surface area contributed by atoms with E-state index in [9.17, 15) is 9.59 Å². The first-order valence-corrected chi connectivity index (χ1v) is 8.70. The maximum Gasteiger partial charge on any atom is 0.318 e. The first-order chi connectivity index (χ1) is 13.1. The Bertz CT molecular complexity index is 1050. The second-order valence-electron chi connectivity index (χ2n) is 6.43. The maximum atomic E-state index is 12.4. The molecule has 0 unspecified atom stereocenters. The summed E-state index contributed by atoms with van der Waals surface area (Å²) in [4.78, 5) is 25.2. The van der Waals surface area contributed by atoms with Crippen LogP contribution in [0.2, 0.25) is 0 Å². The van der Waals surface area contributed by atoms with Crippen LogP contribution < -0.4 is 11.1 Å². The van der Waals surface area contributed by atoms with E-state index in [2.05, 4.69) is 35.7 Å². The lowest BCUT2D eigenvalue weighted by Crippen LogP contribution is -2.38. The third-order valence-electron chi connectivity index (χ3n) is 4.66. The summed E-state index contributed by atoms with van der Waals surface area (Å²) in [6, 6.07) is 17.4. The first kappa shape index (κ1) is 16.9. The number of urea groups is 1. The number of primary amides is 1. The summed E-state index contributed by atoms with van der Waals surface area (Å²) in [7, 11) is 0. The van der Waals surface area contributed by atoms with Gasteiger partial charge < -0.3 is 20.4 Å². The standard InChI is InChI=1S/C21H19N3O3/c22-20(25)19-9-8-16(27-19)12-23-21(26)24-11-10-15(13-24)18-7-3-5-14-4-1-2-6-17(14)18/h1-10H,11-13H2,(H2,22,25)(H,23,26). The number of hydrogen-bond acceptors (Lipinski definition) is 3. The SMILES string of the molecule is NC(=O)c1ccc(CNC(=O)N2CC=C(c3cccc4ccccc34)C2)o1. The summed E-state index contributed by atoms with van der Waals surface area (Å²) in [5, 5.41) is 5.18. The number of benzene rings is 2. The summed E-state index contributed by atoms with van der Waals surface area (Å²) in [5.74, 6) is -0.0602. The van der Waals surface area contributed by atoms with Crippen LogP contribution in [0.4, 0.5) is 4.79 Å². The van der Waals surface area contributed by atoms with Gasteiger partial charge in [-0.15, -0.1) is 0 Å². The molecule has 3 N–H and O–H groups in total. The van der Waals surface area contributed by atoms with Gasteiger partial charge >= 0.3 is 6.03 Å². The number of hydrogen-bond donors (Lipinski definition) is 2. The normalized spacial score (nSPS) is 13.6. The number of carbonyl (C=O) groups excluding carboxylic acids is 2. The van der Waals surface area contributed by atoms with E-state index in [1.54, 1.807) is 11.0 Å². The van der Waals surface area contributed by atoms with E-state index in [0.29, 0.717) is 18.8 Å². The van der Waals surface area contributed by atoms with Crippen LogP contribution in [-0.2, 0) is 6.54 Å². The quantitative estimate of drug-likeness (QED) is 0.748. The monoisotopic (exact) mass is 361 g/mol. The van der Waals surface area contributed by atoms with Crippen LogP contribution in [0.1, 0.15) is 21.9 Å². The molecule has 6 nitrogen and oxygen atoms in total. The van der Waals surface area contributed by atoms with Crippen LogP contribution in [0.25, 0.3) is 16.3 Å². The van der Waals surface area contributed by atoms with Gasteiger partial charge in [-0.2, -0.15) is 0 Å². The Hall–Kier alpha value is -3.54. The molecule has 2 aromatic carbocycles. The summed E-state index contributed by atoms with van der Waals surface area (Å²) < 4.78 is 5.28. The fourth-order valence-corrected chi connectivity index (χ4v) is 3.29. The molecule has 1 aliphatic heterocycles. The molecule has 4 rings (SSSR count). The van der Waals surface area contributed by atoms with Crippen molar-refractivity contribution in [2.24, 2.45) is 5.73 Å². The Labute approximate surface area is 156 Å². The molecular formula is C21H19N3O3. The maximum absolute atomic E-state index is 12.4. The van der Waals surface area contributed by atoms with Crippen molar-refractivity contribution in [1.29, 1.82) is 0 Å². The zero-order valence-electron chi connectivity index (χ0n) is 14.6. The van der Waals surface area contributed by atoms with Gasteiger partial charge in [-0.05, 0) is 34.0 Å². The van der Waals surface area contributed by atoms with Crippen molar-refractivity contribution in [1.82, 2.24) is 10.2 Å². The van der Waals surface area contributed by atoms with Crippen molar-refractivity contribution in [3.63, 3.8) is 0 Å². The van der Waals surface area contributed by atoms with Crippen LogP contribution in [0.5, 0.6) is 0 Å². The molecule has 136 valence electrons. The van der Waals surface area contributed by atoms with Crippen molar-refractivity contribution in [3.05, 3.63) is 77.8 Å². The van der Waals surface area contributed by atoms with Crippen LogP contribution in [-0.4, -0.2) is 29.9 Å². The molecule has 0 aliphatic carbocycles. The average Bonchev–Trinajstić information content (AvgIpc) is 3.35. The van der Waals surface area contributed by atoms with Gasteiger partial charge in [0.25, 0.3) is 5.91 Å². The molecule has 0 bridgehead atoms. The largest absolute Gasteiger partial charge is 0.454 e. The molecule has 3 aromatic rings. The zero-order chi connectivity index (χ0) is 18.8. The van der Waals surface area contributed by atoms with Gasteiger partial charge in [-0.25, -0.2) is 4.79 Å². The average molecular weight is 361 g/mol. The molecule has 27 heavy (non-hydrogen) atoms. The fraction of sp³-hybridized carbons (Fsp3) is 0.143. The smallest absolute Gasteiger partial charge is 0.318 e. The number of nitrogens with one attached hydrogen (secondary N) is 1. The second kappa shape index (κ2) is 6.99. The van der Waals surface area contributed by atoms with Gasteiger partial charge in [0.15, 0.2) is 5.76 Å². The van der Waals surface area contributed by atoms with Crippen LogP contribution >= 0.6 is 0 Å². The lowest BCUT2D eigenvalue weighted by Gasteiger charge is -2.17. The number of carbonyl (C=O) groups is 2. The Morgan fingerprint density at radius 3 is 2.70 bits per heavy atom. The van der Waals surface area contributed by atoms with Crippen LogP contribution in [0, 0.1) is 0 Å². The van der Waals surface area contributed by atoms with Gasteiger partial charge in [0.1, 0.15) is 5.76 Å². The van der Waals surface area contributed by atoms with E-state index in [1.165, 1.54) is 16.8 Å². The molecule has 0 atom stereocenters. The minimum absolute atomic E-state index is 0.0836. The molecule has 0 radical (unpaired) electrons. The molecule has 0 saturated heterocycles. The van der Waals surface area contributed by atoms with Gasteiger partial charge in [0, 0.05) is 13.1 Å². The molecule has 0 spiro atoms. The number of fused-ring (bicyclic) bond motifs is 1. The molecule has 6 heteroatoms. The third kappa shape index (κ3) is 3.42. The zero-order valence-corrected chi connectivity index (χ0v) is 14.6. The lowest BCUT2D eigenvalue weighted by atomic mass is 9.99. The molecule has 3 amide bonds. The van der Waals surface area contributed by atoms with Crippen molar-refractivity contribution in [2.75, 3.05) is 13.1 Å². The third-order valence-corrected chi connectivity index (χ3v) is 4.66. The van der Waals surface area contributed by atoms with E-state index >= 15 is 0 Å². The van der Waals surface area contributed by atoms with E-state index in [0.717, 1.165) is 11.1 Å². The predicted octanol–water partition coefficient (Wildman–Crippen LogP) is 3.14. The van der Waals surface area contributed by atoms with Gasteiger partial charge in [-0.1, -0.05) is 48.5 Å². The van der Waals surface area contributed by atoms with Crippen molar-refractivity contribution < 1.29 is 14.0 Å². The van der Waals surface area contributed by atoms with Gasteiger partial charge in [0.05, 0.1) is 6.54 Å². The first-order valence-electron chi connectivity index (χ1n) is 8.70. The highest BCUT2D eigenvalue weighted by Crippen LogP contribution is 2.28. The summed E-state index contributed by atoms with van der Waals surface area (Å²) in [5.41, 5.74) is 7.45. The molecule has 1 aromatic heterocycles. The van der Waals surface area contributed by atoms with Gasteiger partial charge in [-0.3, -0.25) is 4.79 Å². The number of nitrogens with zero attached hydrogens (tertiary/aromatic N) is 1. The highest BCUT2D eigenvalue weighted by atomic mass is 16.4. The molecular weight excluding hydrogens is 342 g/mol. The second-order valence-corrected chi connectivity index (χ2v) is 6.43. The van der Waals surface area contributed by atoms with E-state index in [4.69, 9.17) is 10.2 Å². The number of amides is 3. The number of rotatable bonds is 4. The number of nitrogens with two attached hydrogens (primary N) is 1.